The van der Waals surface area contributed by atoms with Gasteiger partial charge >= 0.3 is 6.18 Å². The lowest BCUT2D eigenvalue weighted by molar-refractivity contribution is -0.137. The Hall–Kier alpha value is -1.31. The maximum absolute atomic E-state index is 13.0. The highest BCUT2D eigenvalue weighted by molar-refractivity contribution is 6.30. The molecule has 1 aromatic rings. The average Bonchev–Trinajstić information content (AvgIpc) is 2.47. The molecule has 23 heavy (non-hydrogen) atoms. The standard InChI is InChI=1S/C15H18ClF3N2O2/c1-9-8-21(5-6-23-9)10(2)14(22)20-13-4-3-11(16)7-12(13)15(17,18)19/h3-4,7,9-10H,5-6,8H2,1-2H3,(H,20,22)/t9-,10-/m1/s1. The summed E-state index contributed by atoms with van der Waals surface area (Å²) in [6.45, 7) is 5.16. The molecule has 1 heterocycles. The van der Waals surface area contributed by atoms with E-state index in [1.54, 1.807) is 6.92 Å². The van der Waals surface area contributed by atoms with Crippen molar-refractivity contribution in [2.24, 2.45) is 0 Å². The smallest absolute Gasteiger partial charge is 0.376 e. The van der Waals surface area contributed by atoms with Gasteiger partial charge in [-0.05, 0) is 32.0 Å². The van der Waals surface area contributed by atoms with Gasteiger partial charge in [-0.15, -0.1) is 0 Å². The number of carbonyl (C=O) groups excluding carboxylic acids is 1. The van der Waals surface area contributed by atoms with Crippen molar-refractivity contribution in [2.45, 2.75) is 32.2 Å². The van der Waals surface area contributed by atoms with E-state index in [4.69, 9.17) is 16.3 Å². The minimum atomic E-state index is -4.59. The van der Waals surface area contributed by atoms with E-state index in [1.165, 1.54) is 6.07 Å². The molecule has 2 atom stereocenters. The van der Waals surface area contributed by atoms with Gasteiger partial charge in [0.15, 0.2) is 0 Å². The van der Waals surface area contributed by atoms with Crippen LogP contribution in [0.4, 0.5) is 18.9 Å². The van der Waals surface area contributed by atoms with Gasteiger partial charge in [0.25, 0.3) is 0 Å². The summed E-state index contributed by atoms with van der Waals surface area (Å²) in [5.41, 5.74) is -1.25. The molecule has 1 fully saturated rings. The number of hydrogen-bond donors (Lipinski definition) is 1. The molecular weight excluding hydrogens is 333 g/mol. The fourth-order valence-electron chi connectivity index (χ4n) is 2.46. The van der Waals surface area contributed by atoms with Crippen LogP contribution in [0.15, 0.2) is 18.2 Å². The number of ether oxygens (including phenoxy) is 1. The molecule has 1 N–H and O–H groups in total. The van der Waals surface area contributed by atoms with Crippen LogP contribution in [0.1, 0.15) is 19.4 Å². The van der Waals surface area contributed by atoms with E-state index in [1.807, 2.05) is 11.8 Å². The van der Waals surface area contributed by atoms with Gasteiger partial charge in [-0.3, -0.25) is 9.69 Å². The molecule has 0 radical (unpaired) electrons. The zero-order valence-corrected chi connectivity index (χ0v) is 13.5. The van der Waals surface area contributed by atoms with Crippen molar-refractivity contribution in [1.29, 1.82) is 0 Å². The predicted molar refractivity (Wildman–Crippen MR) is 81.5 cm³/mol. The minimum absolute atomic E-state index is 0.0136. The molecule has 1 saturated heterocycles. The first-order valence-corrected chi connectivity index (χ1v) is 7.59. The van der Waals surface area contributed by atoms with Crippen molar-refractivity contribution in [3.05, 3.63) is 28.8 Å². The molecule has 1 aliphatic heterocycles. The number of halogens is 4. The molecule has 0 saturated carbocycles. The van der Waals surface area contributed by atoms with Gasteiger partial charge in [0, 0.05) is 18.1 Å². The molecule has 4 nitrogen and oxygen atoms in total. The molecule has 0 spiro atoms. The fourth-order valence-corrected chi connectivity index (χ4v) is 2.63. The minimum Gasteiger partial charge on any atom is -0.376 e. The van der Waals surface area contributed by atoms with Crippen LogP contribution < -0.4 is 5.32 Å². The second-order valence-electron chi connectivity index (χ2n) is 5.53. The summed E-state index contributed by atoms with van der Waals surface area (Å²) >= 11 is 5.62. The molecule has 0 aliphatic carbocycles. The van der Waals surface area contributed by atoms with Crippen LogP contribution in [-0.2, 0) is 15.7 Å². The largest absolute Gasteiger partial charge is 0.418 e. The molecular formula is C15H18ClF3N2O2. The lowest BCUT2D eigenvalue weighted by Gasteiger charge is -2.34. The van der Waals surface area contributed by atoms with Crippen molar-refractivity contribution in [2.75, 3.05) is 25.0 Å². The number of nitrogens with zero attached hydrogens (tertiary/aromatic N) is 1. The van der Waals surface area contributed by atoms with Crippen LogP contribution in [0.3, 0.4) is 0 Å². The first kappa shape index (κ1) is 18.0. The molecule has 0 unspecified atom stereocenters. The number of amides is 1. The number of carbonyl (C=O) groups is 1. The van der Waals surface area contributed by atoms with Crippen LogP contribution in [-0.4, -0.2) is 42.6 Å². The number of anilines is 1. The first-order chi connectivity index (χ1) is 10.7. The van der Waals surface area contributed by atoms with Gasteiger partial charge in [0.2, 0.25) is 5.91 Å². The third kappa shape index (κ3) is 4.59. The van der Waals surface area contributed by atoms with E-state index in [0.29, 0.717) is 19.7 Å². The first-order valence-electron chi connectivity index (χ1n) is 7.21. The number of rotatable bonds is 3. The Morgan fingerprint density at radius 1 is 1.48 bits per heavy atom. The van der Waals surface area contributed by atoms with Crippen molar-refractivity contribution in [3.8, 4) is 0 Å². The van der Waals surface area contributed by atoms with Gasteiger partial charge in [-0.2, -0.15) is 13.2 Å². The molecule has 1 aromatic carbocycles. The highest BCUT2D eigenvalue weighted by Gasteiger charge is 2.35. The van der Waals surface area contributed by atoms with Crippen molar-refractivity contribution in [3.63, 3.8) is 0 Å². The Balaban J connectivity index is 2.14. The van der Waals surface area contributed by atoms with Crippen LogP contribution in [0, 0.1) is 0 Å². The molecule has 1 aliphatic rings. The van der Waals surface area contributed by atoms with Gasteiger partial charge in [0.05, 0.1) is 30.0 Å². The quantitative estimate of drug-likeness (QED) is 0.908. The van der Waals surface area contributed by atoms with Gasteiger partial charge in [-0.25, -0.2) is 0 Å². The number of hydrogen-bond acceptors (Lipinski definition) is 3. The Morgan fingerprint density at radius 3 is 2.78 bits per heavy atom. The van der Waals surface area contributed by atoms with Crippen LogP contribution >= 0.6 is 11.6 Å². The Kier molecular flexibility index (Phi) is 5.54. The summed E-state index contributed by atoms with van der Waals surface area (Å²) in [6.07, 6.45) is -4.61. The highest BCUT2D eigenvalue weighted by atomic mass is 35.5. The van der Waals surface area contributed by atoms with Crippen molar-refractivity contribution < 1.29 is 22.7 Å². The molecule has 0 bridgehead atoms. The van der Waals surface area contributed by atoms with Gasteiger partial charge in [-0.1, -0.05) is 11.6 Å². The Labute approximate surface area is 137 Å². The lowest BCUT2D eigenvalue weighted by atomic mass is 10.1. The number of alkyl halides is 3. The molecule has 128 valence electrons. The van der Waals surface area contributed by atoms with Gasteiger partial charge < -0.3 is 10.1 Å². The molecule has 2 rings (SSSR count). The van der Waals surface area contributed by atoms with E-state index >= 15 is 0 Å². The molecule has 8 heteroatoms. The molecule has 1 amide bonds. The summed E-state index contributed by atoms with van der Waals surface area (Å²) in [5, 5.41) is 2.32. The van der Waals surface area contributed by atoms with Crippen LogP contribution in [0.2, 0.25) is 5.02 Å². The third-order valence-corrected chi connectivity index (χ3v) is 3.98. The predicted octanol–water partition coefficient (Wildman–Crippen LogP) is 3.41. The zero-order chi connectivity index (χ0) is 17.2. The Morgan fingerprint density at radius 2 is 2.17 bits per heavy atom. The molecule has 0 aromatic heterocycles. The summed E-state index contributed by atoms with van der Waals surface area (Å²) in [7, 11) is 0. The third-order valence-electron chi connectivity index (χ3n) is 3.74. The monoisotopic (exact) mass is 350 g/mol. The average molecular weight is 351 g/mol. The van der Waals surface area contributed by atoms with Crippen molar-refractivity contribution >= 4 is 23.2 Å². The van der Waals surface area contributed by atoms with E-state index < -0.39 is 23.7 Å². The summed E-state index contributed by atoms with van der Waals surface area (Å²) in [6, 6.07) is 2.72. The summed E-state index contributed by atoms with van der Waals surface area (Å²) in [4.78, 5) is 14.2. The van der Waals surface area contributed by atoms with E-state index in [9.17, 15) is 18.0 Å². The lowest BCUT2D eigenvalue weighted by Crippen LogP contribution is -2.50. The maximum atomic E-state index is 13.0. The van der Waals surface area contributed by atoms with Crippen molar-refractivity contribution in [1.82, 2.24) is 4.90 Å². The second kappa shape index (κ2) is 7.07. The fraction of sp³-hybridized carbons (Fsp3) is 0.533. The number of nitrogens with one attached hydrogen (secondary N) is 1. The topological polar surface area (TPSA) is 41.6 Å². The van der Waals surface area contributed by atoms with Crippen LogP contribution in [0.25, 0.3) is 0 Å². The Bertz CT molecular complexity index is 580. The zero-order valence-electron chi connectivity index (χ0n) is 12.8. The van der Waals surface area contributed by atoms with Crippen LogP contribution in [0.5, 0.6) is 0 Å². The normalized spacial score (nSPS) is 21.0. The summed E-state index contributed by atoms with van der Waals surface area (Å²) in [5.74, 6) is -0.494. The summed E-state index contributed by atoms with van der Waals surface area (Å²) < 4.78 is 44.5. The van der Waals surface area contributed by atoms with E-state index in [-0.39, 0.29) is 16.8 Å². The maximum Gasteiger partial charge on any atom is 0.418 e. The highest BCUT2D eigenvalue weighted by Crippen LogP contribution is 2.36. The number of benzene rings is 1. The second-order valence-corrected chi connectivity index (χ2v) is 5.97. The van der Waals surface area contributed by atoms with E-state index in [2.05, 4.69) is 5.32 Å². The number of morpholine rings is 1. The SMILES string of the molecule is C[C@@H]1CN([C@H](C)C(=O)Nc2ccc(Cl)cc2C(F)(F)F)CCO1. The van der Waals surface area contributed by atoms with E-state index in [0.717, 1.165) is 12.1 Å². The van der Waals surface area contributed by atoms with Gasteiger partial charge in [0.1, 0.15) is 0 Å².